The van der Waals surface area contributed by atoms with Crippen LogP contribution in [0.25, 0.3) is 10.9 Å². The molecule has 0 fully saturated rings. The summed E-state index contributed by atoms with van der Waals surface area (Å²) >= 11 is 0. The second-order valence-electron chi connectivity index (χ2n) is 10.3. The number of aryl methyl sites for hydroxylation is 1. The number of benzene rings is 3. The maximum Gasteiger partial charge on any atom is 0.272 e. The molecule has 0 saturated carbocycles. The molecule has 4 rings (SSSR count). The molecule has 0 atom stereocenters. The minimum atomic E-state index is -3.61. The number of methoxy groups -OCH3 is 1. The predicted molar refractivity (Wildman–Crippen MR) is 155 cm³/mol. The summed E-state index contributed by atoms with van der Waals surface area (Å²) in [4.78, 5) is 26.4. The molecule has 3 N–H and O–H groups in total. The Bertz CT molecular complexity index is 1670. The van der Waals surface area contributed by atoms with Gasteiger partial charge in [0.15, 0.2) is 5.75 Å². The first-order valence-electron chi connectivity index (χ1n) is 12.2. The number of hydrogen-bond donors (Lipinski definition) is 3. The first-order chi connectivity index (χ1) is 18.3. The van der Waals surface area contributed by atoms with Crippen LogP contribution in [0.4, 0.5) is 17.1 Å². The van der Waals surface area contributed by atoms with E-state index < -0.39 is 15.9 Å². The Morgan fingerprint density at radius 1 is 0.846 bits per heavy atom. The van der Waals surface area contributed by atoms with Gasteiger partial charge in [-0.15, -0.1) is 0 Å². The predicted octanol–water partition coefficient (Wildman–Crippen LogP) is 5.36. The smallest absolute Gasteiger partial charge is 0.272 e. The third kappa shape index (κ3) is 6.06. The van der Waals surface area contributed by atoms with Crippen LogP contribution in [0.2, 0.25) is 0 Å². The highest BCUT2D eigenvalue weighted by Gasteiger charge is 2.24. The Labute approximate surface area is 228 Å². The summed E-state index contributed by atoms with van der Waals surface area (Å²) in [5, 5.41) is 6.60. The minimum Gasteiger partial charge on any atom is -0.492 e. The number of anilines is 3. The van der Waals surface area contributed by atoms with E-state index in [0.717, 1.165) is 17.2 Å². The highest BCUT2D eigenvalue weighted by Crippen LogP contribution is 2.39. The summed E-state index contributed by atoms with van der Waals surface area (Å²) in [5.74, 6) is -0.495. The zero-order valence-corrected chi connectivity index (χ0v) is 23.6. The Balaban J connectivity index is 1.73. The molecule has 2 amide bonds. The molecule has 0 aliphatic heterocycles. The van der Waals surface area contributed by atoms with Crippen molar-refractivity contribution in [2.45, 2.75) is 26.2 Å². The number of aromatic nitrogens is 1. The number of nitrogens with zero attached hydrogens (tertiary/aromatic N) is 1. The Hall–Kier alpha value is -4.31. The van der Waals surface area contributed by atoms with Crippen molar-refractivity contribution in [3.05, 3.63) is 83.6 Å². The lowest BCUT2D eigenvalue weighted by molar-refractivity contribution is 0.101. The zero-order valence-electron chi connectivity index (χ0n) is 22.7. The van der Waals surface area contributed by atoms with Gasteiger partial charge in [-0.25, -0.2) is 8.42 Å². The summed E-state index contributed by atoms with van der Waals surface area (Å²) in [6.45, 7) is 5.96. The van der Waals surface area contributed by atoms with Crippen molar-refractivity contribution in [1.29, 1.82) is 0 Å². The van der Waals surface area contributed by atoms with Gasteiger partial charge in [-0.05, 0) is 47.4 Å². The molecule has 0 bridgehead atoms. The number of amides is 2. The van der Waals surface area contributed by atoms with E-state index in [1.807, 2.05) is 39.0 Å². The quantitative estimate of drug-likeness (QED) is 0.287. The van der Waals surface area contributed by atoms with E-state index >= 15 is 0 Å². The number of fused-ring (bicyclic) bond motifs is 1. The topological polar surface area (TPSA) is 119 Å². The van der Waals surface area contributed by atoms with Crippen molar-refractivity contribution in [3.8, 4) is 5.75 Å². The molecule has 0 radical (unpaired) electrons. The number of nitrogens with one attached hydrogen (secondary N) is 3. The van der Waals surface area contributed by atoms with Crippen molar-refractivity contribution in [2.24, 2.45) is 7.05 Å². The van der Waals surface area contributed by atoms with Crippen LogP contribution < -0.4 is 20.1 Å². The van der Waals surface area contributed by atoms with Crippen molar-refractivity contribution in [1.82, 2.24) is 4.57 Å². The van der Waals surface area contributed by atoms with Gasteiger partial charge in [-0.1, -0.05) is 51.1 Å². The maximum atomic E-state index is 13.6. The third-order valence-corrected chi connectivity index (χ3v) is 6.87. The average molecular weight is 549 g/mol. The Morgan fingerprint density at radius 3 is 2.10 bits per heavy atom. The molecule has 1 aromatic heterocycles. The Morgan fingerprint density at radius 2 is 1.49 bits per heavy atom. The molecule has 0 aliphatic carbocycles. The van der Waals surface area contributed by atoms with Gasteiger partial charge in [0.25, 0.3) is 11.8 Å². The summed E-state index contributed by atoms with van der Waals surface area (Å²) in [6, 6.07) is 19.5. The lowest BCUT2D eigenvalue weighted by Crippen LogP contribution is -2.19. The third-order valence-electron chi connectivity index (χ3n) is 6.28. The van der Waals surface area contributed by atoms with Crippen molar-refractivity contribution < 1.29 is 22.7 Å². The molecule has 0 unspecified atom stereocenters. The van der Waals surface area contributed by atoms with Crippen LogP contribution in [0.3, 0.4) is 0 Å². The normalized spacial score (nSPS) is 11.7. The molecule has 9 nitrogen and oxygen atoms in total. The SMILES string of the molecule is COc1c(NC(=O)c2cc3cccc(NC(=O)c4ccccc4)c3n2C)cc(C(C)(C)C)cc1NS(C)(=O)=O. The van der Waals surface area contributed by atoms with Crippen molar-refractivity contribution >= 4 is 49.8 Å². The summed E-state index contributed by atoms with van der Waals surface area (Å²) in [5.41, 5.74) is 3.11. The van der Waals surface area contributed by atoms with E-state index in [0.29, 0.717) is 28.1 Å². The Kier molecular flexibility index (Phi) is 7.43. The van der Waals surface area contributed by atoms with E-state index in [2.05, 4.69) is 15.4 Å². The molecule has 204 valence electrons. The number of sulfonamides is 1. The fourth-order valence-corrected chi connectivity index (χ4v) is 4.91. The average Bonchev–Trinajstić information content (AvgIpc) is 3.20. The number of carbonyl (C=O) groups excluding carboxylic acids is 2. The first-order valence-corrected chi connectivity index (χ1v) is 14.1. The van der Waals surface area contributed by atoms with Gasteiger partial charge >= 0.3 is 0 Å². The number of carbonyl (C=O) groups is 2. The molecular weight excluding hydrogens is 516 g/mol. The van der Waals surface area contributed by atoms with Crippen LogP contribution in [-0.2, 0) is 22.5 Å². The van der Waals surface area contributed by atoms with Gasteiger partial charge in [0.05, 0.1) is 35.9 Å². The number of para-hydroxylation sites is 1. The highest BCUT2D eigenvalue weighted by atomic mass is 32.2. The number of ether oxygens (including phenoxy) is 1. The second kappa shape index (κ2) is 10.5. The van der Waals surface area contributed by atoms with Gasteiger partial charge in [0, 0.05) is 18.0 Å². The fraction of sp³-hybridized carbons (Fsp3) is 0.241. The van der Waals surface area contributed by atoms with Gasteiger partial charge < -0.3 is 19.9 Å². The molecule has 0 aliphatic rings. The van der Waals surface area contributed by atoms with Crippen LogP contribution in [-0.4, -0.2) is 38.2 Å². The van der Waals surface area contributed by atoms with E-state index in [1.54, 1.807) is 60.1 Å². The maximum absolute atomic E-state index is 13.6. The standard InChI is InChI=1S/C29H32N4O5S/c1-29(2,3)20-16-22(26(38-5)23(17-20)32-39(6,36)37)31-28(35)24-15-19-13-10-14-21(25(19)33(24)4)30-27(34)18-11-8-7-9-12-18/h7-17,32H,1-6H3,(H,30,34)(H,31,35). The molecule has 4 aromatic rings. The molecule has 10 heteroatoms. The van der Waals surface area contributed by atoms with Crippen LogP contribution in [0.1, 0.15) is 47.2 Å². The number of rotatable bonds is 7. The lowest BCUT2D eigenvalue weighted by Gasteiger charge is -2.24. The molecule has 0 saturated heterocycles. The zero-order chi connectivity index (χ0) is 28.5. The summed E-state index contributed by atoms with van der Waals surface area (Å²) < 4.78 is 33.8. The molecule has 39 heavy (non-hydrogen) atoms. The summed E-state index contributed by atoms with van der Waals surface area (Å²) in [7, 11) is -0.454. The molecular formula is C29H32N4O5S. The summed E-state index contributed by atoms with van der Waals surface area (Å²) in [6.07, 6.45) is 1.05. The van der Waals surface area contributed by atoms with Crippen molar-refractivity contribution in [2.75, 3.05) is 28.7 Å². The second-order valence-corrected chi connectivity index (χ2v) is 12.1. The number of hydrogen-bond acceptors (Lipinski definition) is 5. The molecule has 3 aromatic carbocycles. The van der Waals surface area contributed by atoms with E-state index in [-0.39, 0.29) is 22.8 Å². The minimum absolute atomic E-state index is 0.191. The van der Waals surface area contributed by atoms with Crippen LogP contribution in [0, 0.1) is 0 Å². The highest BCUT2D eigenvalue weighted by molar-refractivity contribution is 7.92. The molecule has 1 heterocycles. The van der Waals surface area contributed by atoms with Crippen molar-refractivity contribution in [3.63, 3.8) is 0 Å². The van der Waals surface area contributed by atoms with Crippen LogP contribution in [0.5, 0.6) is 5.75 Å². The van der Waals surface area contributed by atoms with Gasteiger partial charge in [0.1, 0.15) is 5.69 Å². The van der Waals surface area contributed by atoms with Crippen LogP contribution in [0.15, 0.2) is 66.7 Å². The molecule has 0 spiro atoms. The van der Waals surface area contributed by atoms with E-state index in [1.165, 1.54) is 7.11 Å². The monoisotopic (exact) mass is 548 g/mol. The first kappa shape index (κ1) is 27.7. The lowest BCUT2D eigenvalue weighted by atomic mass is 9.86. The largest absolute Gasteiger partial charge is 0.492 e. The fourth-order valence-electron chi connectivity index (χ4n) is 4.36. The van der Waals surface area contributed by atoms with Gasteiger partial charge in [-0.2, -0.15) is 0 Å². The van der Waals surface area contributed by atoms with Gasteiger partial charge in [0.2, 0.25) is 10.0 Å². The van der Waals surface area contributed by atoms with Gasteiger partial charge in [-0.3, -0.25) is 14.3 Å². The van der Waals surface area contributed by atoms with E-state index in [4.69, 9.17) is 4.74 Å². The van der Waals surface area contributed by atoms with Crippen LogP contribution >= 0.6 is 0 Å². The van der Waals surface area contributed by atoms with E-state index in [9.17, 15) is 18.0 Å².